The van der Waals surface area contributed by atoms with Crippen LogP contribution in [0.1, 0.15) is 27.2 Å². The third-order valence-corrected chi connectivity index (χ3v) is 4.65. The number of hydrogen-bond donors (Lipinski definition) is 0. The Bertz CT molecular complexity index is 1010. The van der Waals surface area contributed by atoms with Crippen molar-refractivity contribution in [3.8, 4) is 0 Å². The van der Waals surface area contributed by atoms with Gasteiger partial charge in [-0.05, 0) is 29.3 Å². The summed E-state index contributed by atoms with van der Waals surface area (Å²) in [4.78, 5) is 30.5. The van der Waals surface area contributed by atoms with Gasteiger partial charge in [0.25, 0.3) is 0 Å². The summed E-state index contributed by atoms with van der Waals surface area (Å²) < 4.78 is 9.53. The number of carbonyl (C=O) groups excluding carboxylic acids is 2. The van der Waals surface area contributed by atoms with E-state index in [-0.39, 0.29) is 5.69 Å². The molecular weight excluding hydrogens is 392 g/mol. The first-order valence-corrected chi connectivity index (χ1v) is 9.79. The fraction of sp³-hybridized carbons (Fsp3) is 0.160. The number of ether oxygens (including phenoxy) is 2. The van der Waals surface area contributed by atoms with Crippen molar-refractivity contribution in [1.82, 2.24) is 4.98 Å². The summed E-state index contributed by atoms with van der Waals surface area (Å²) in [7, 11) is 2.59. The second kappa shape index (κ2) is 10.7. The maximum absolute atomic E-state index is 12.4. The van der Waals surface area contributed by atoms with E-state index in [0.717, 1.165) is 11.1 Å². The molecular formula is C25H24N2O4. The molecule has 158 valence electrons. The van der Waals surface area contributed by atoms with Crippen LogP contribution >= 0.6 is 0 Å². The third-order valence-electron chi connectivity index (χ3n) is 4.65. The summed E-state index contributed by atoms with van der Waals surface area (Å²) in [6, 6.07) is 23.7. The van der Waals surface area contributed by atoms with E-state index in [1.54, 1.807) is 6.07 Å². The van der Waals surface area contributed by atoms with Gasteiger partial charge in [0, 0.05) is 24.7 Å². The highest BCUT2D eigenvalue weighted by atomic mass is 16.5. The van der Waals surface area contributed by atoms with Gasteiger partial charge in [0.05, 0.1) is 14.2 Å². The molecule has 0 spiro atoms. The monoisotopic (exact) mass is 416 g/mol. The second-order valence-electron chi connectivity index (χ2n) is 6.78. The van der Waals surface area contributed by atoms with Crippen LogP contribution in [0.15, 0.2) is 78.9 Å². The first-order valence-electron chi connectivity index (χ1n) is 9.79. The molecule has 0 fully saturated rings. The Hall–Kier alpha value is -3.93. The first-order chi connectivity index (χ1) is 15.1. The molecule has 6 nitrogen and oxygen atoms in total. The molecule has 0 atom stereocenters. The smallest absolute Gasteiger partial charge is 0.357 e. The van der Waals surface area contributed by atoms with Crippen LogP contribution in [0.2, 0.25) is 0 Å². The molecule has 0 aliphatic heterocycles. The van der Waals surface area contributed by atoms with E-state index in [2.05, 4.69) is 14.6 Å². The molecule has 0 aliphatic carbocycles. The molecule has 0 amide bonds. The molecule has 0 unspecified atom stereocenters. The minimum atomic E-state index is -0.578. The lowest BCUT2D eigenvalue weighted by atomic mass is 10.1. The number of carbonyl (C=O) groups is 2. The van der Waals surface area contributed by atoms with Crippen molar-refractivity contribution in [3.05, 3.63) is 101 Å². The van der Waals surface area contributed by atoms with Gasteiger partial charge >= 0.3 is 11.9 Å². The molecule has 0 N–H and O–H groups in total. The Morgan fingerprint density at radius 2 is 1.42 bits per heavy atom. The SMILES string of the molecule is COC(=O)C=Cc1ccc(N(Cc2ccccc2)Cc2ccccc2)nc1C(=O)OC. The van der Waals surface area contributed by atoms with Gasteiger partial charge in [-0.15, -0.1) is 0 Å². The third kappa shape index (κ3) is 6.02. The molecule has 0 aliphatic rings. The standard InChI is InChI=1S/C25H24N2O4/c1-30-23(28)16-14-21-13-15-22(26-24(21)25(29)31-2)27(17-19-9-5-3-6-10-19)18-20-11-7-4-8-12-20/h3-16H,17-18H2,1-2H3. The van der Waals surface area contributed by atoms with Crippen LogP contribution in [0, 0.1) is 0 Å². The van der Waals surface area contributed by atoms with Gasteiger partial charge in [-0.1, -0.05) is 60.7 Å². The summed E-state index contributed by atoms with van der Waals surface area (Å²) in [5.74, 6) is -0.469. The molecule has 6 heteroatoms. The van der Waals surface area contributed by atoms with Gasteiger partial charge in [0.2, 0.25) is 0 Å². The maximum atomic E-state index is 12.4. The second-order valence-corrected chi connectivity index (χ2v) is 6.78. The number of aromatic nitrogens is 1. The zero-order chi connectivity index (χ0) is 22.1. The summed E-state index contributed by atoms with van der Waals surface area (Å²) >= 11 is 0. The number of esters is 2. The number of methoxy groups -OCH3 is 2. The normalized spacial score (nSPS) is 10.6. The molecule has 1 heterocycles. The van der Waals surface area contributed by atoms with Crippen LogP contribution in [0.3, 0.4) is 0 Å². The lowest BCUT2D eigenvalue weighted by Gasteiger charge is -2.25. The summed E-state index contributed by atoms with van der Waals surface area (Å²) in [6.07, 6.45) is 2.74. The van der Waals surface area contributed by atoms with E-state index in [9.17, 15) is 9.59 Å². The number of nitrogens with zero attached hydrogens (tertiary/aromatic N) is 2. The van der Waals surface area contributed by atoms with Crippen LogP contribution in [0.25, 0.3) is 6.08 Å². The predicted molar refractivity (Wildman–Crippen MR) is 119 cm³/mol. The van der Waals surface area contributed by atoms with Crippen molar-refractivity contribution in [2.24, 2.45) is 0 Å². The average Bonchev–Trinajstić information content (AvgIpc) is 2.82. The average molecular weight is 416 g/mol. The highest BCUT2D eigenvalue weighted by Crippen LogP contribution is 2.22. The van der Waals surface area contributed by atoms with Crippen molar-refractivity contribution in [2.75, 3.05) is 19.1 Å². The molecule has 3 aromatic rings. The summed E-state index contributed by atoms with van der Waals surface area (Å²) in [6.45, 7) is 1.22. The minimum absolute atomic E-state index is 0.131. The molecule has 0 saturated heterocycles. The molecule has 1 aromatic heterocycles. The van der Waals surface area contributed by atoms with E-state index in [0.29, 0.717) is 24.5 Å². The molecule has 2 aromatic carbocycles. The maximum Gasteiger partial charge on any atom is 0.357 e. The summed E-state index contributed by atoms with van der Waals surface area (Å²) in [5, 5.41) is 0. The lowest BCUT2D eigenvalue weighted by molar-refractivity contribution is -0.134. The van der Waals surface area contributed by atoms with Crippen LogP contribution in [-0.2, 0) is 27.4 Å². The Morgan fingerprint density at radius 3 is 1.94 bits per heavy atom. The summed E-state index contributed by atoms with van der Waals surface area (Å²) in [5.41, 5.74) is 2.84. The van der Waals surface area contributed by atoms with Gasteiger partial charge < -0.3 is 14.4 Å². The van der Waals surface area contributed by atoms with Crippen LogP contribution in [-0.4, -0.2) is 31.1 Å². The highest BCUT2D eigenvalue weighted by Gasteiger charge is 2.17. The van der Waals surface area contributed by atoms with Crippen molar-refractivity contribution in [2.45, 2.75) is 13.1 Å². The van der Waals surface area contributed by atoms with Gasteiger partial charge in [-0.25, -0.2) is 14.6 Å². The number of pyridine rings is 1. The largest absolute Gasteiger partial charge is 0.466 e. The van der Waals surface area contributed by atoms with E-state index in [1.807, 2.05) is 66.7 Å². The molecule has 0 saturated carbocycles. The van der Waals surface area contributed by atoms with E-state index in [4.69, 9.17) is 4.74 Å². The Balaban J connectivity index is 1.99. The first kappa shape index (κ1) is 21.8. The van der Waals surface area contributed by atoms with Crippen LogP contribution in [0.4, 0.5) is 5.82 Å². The van der Waals surface area contributed by atoms with E-state index < -0.39 is 11.9 Å². The van der Waals surface area contributed by atoms with Crippen molar-refractivity contribution in [1.29, 1.82) is 0 Å². The van der Waals surface area contributed by atoms with E-state index >= 15 is 0 Å². The number of rotatable bonds is 8. The van der Waals surface area contributed by atoms with Crippen LogP contribution in [0.5, 0.6) is 0 Å². The number of anilines is 1. The zero-order valence-electron chi connectivity index (χ0n) is 17.5. The van der Waals surface area contributed by atoms with E-state index in [1.165, 1.54) is 26.4 Å². The molecule has 3 rings (SSSR count). The topological polar surface area (TPSA) is 68.7 Å². The molecule has 31 heavy (non-hydrogen) atoms. The Kier molecular flexibility index (Phi) is 7.54. The van der Waals surface area contributed by atoms with Gasteiger partial charge in [0.15, 0.2) is 5.69 Å². The Morgan fingerprint density at radius 1 is 0.839 bits per heavy atom. The fourth-order valence-corrected chi connectivity index (χ4v) is 3.08. The van der Waals surface area contributed by atoms with Crippen molar-refractivity contribution < 1.29 is 19.1 Å². The van der Waals surface area contributed by atoms with Gasteiger partial charge in [-0.2, -0.15) is 0 Å². The molecule has 0 bridgehead atoms. The highest BCUT2D eigenvalue weighted by molar-refractivity contribution is 5.94. The lowest BCUT2D eigenvalue weighted by Crippen LogP contribution is -2.24. The van der Waals surface area contributed by atoms with Gasteiger partial charge in [-0.3, -0.25) is 0 Å². The fourth-order valence-electron chi connectivity index (χ4n) is 3.08. The van der Waals surface area contributed by atoms with Crippen molar-refractivity contribution >= 4 is 23.8 Å². The number of benzene rings is 2. The zero-order valence-corrected chi connectivity index (χ0v) is 17.5. The predicted octanol–water partition coefficient (Wildman–Crippen LogP) is 4.26. The number of hydrogen-bond acceptors (Lipinski definition) is 6. The van der Waals surface area contributed by atoms with Crippen molar-refractivity contribution in [3.63, 3.8) is 0 Å². The van der Waals surface area contributed by atoms with Gasteiger partial charge in [0.1, 0.15) is 5.82 Å². The molecule has 0 radical (unpaired) electrons. The Labute approximate surface area is 181 Å². The minimum Gasteiger partial charge on any atom is -0.466 e. The van der Waals surface area contributed by atoms with Crippen LogP contribution < -0.4 is 4.90 Å². The quantitative estimate of drug-likeness (QED) is 0.404.